The fourth-order valence-corrected chi connectivity index (χ4v) is 7.87. The molecule has 0 aliphatic carbocycles. The second-order valence-corrected chi connectivity index (χ2v) is 14.5. The van der Waals surface area contributed by atoms with E-state index in [0.29, 0.717) is 12.8 Å². The zero-order valence-electron chi connectivity index (χ0n) is 25.0. The Kier molecular flexibility index (Phi) is 9.43. The van der Waals surface area contributed by atoms with Crippen LogP contribution < -0.4 is 10.2 Å². The fraction of sp³-hybridized carbons (Fsp3) is 0.933. The summed E-state index contributed by atoms with van der Waals surface area (Å²) in [6, 6.07) is 0. The molecular formula is C30H54N2O4-2. The van der Waals surface area contributed by atoms with Crippen molar-refractivity contribution in [1.82, 2.24) is 9.80 Å². The summed E-state index contributed by atoms with van der Waals surface area (Å²) in [5.41, 5.74) is -1.29. The molecule has 0 amide bonds. The highest BCUT2D eigenvalue weighted by molar-refractivity contribution is 5.73. The molecule has 2 aliphatic rings. The Morgan fingerprint density at radius 3 is 1.33 bits per heavy atom. The van der Waals surface area contributed by atoms with Crippen LogP contribution in [0.25, 0.3) is 0 Å². The highest BCUT2D eigenvalue weighted by Crippen LogP contribution is 2.57. The minimum Gasteiger partial charge on any atom is -0.550 e. The van der Waals surface area contributed by atoms with E-state index in [4.69, 9.17) is 0 Å². The highest BCUT2D eigenvalue weighted by atomic mass is 16.4. The smallest absolute Gasteiger partial charge is 0.0481 e. The van der Waals surface area contributed by atoms with Gasteiger partial charge in [0, 0.05) is 39.5 Å². The number of aliphatic carboxylic acids is 2. The number of nitrogens with zero attached hydrogens (tertiary/aromatic N) is 2. The largest absolute Gasteiger partial charge is 0.550 e. The fourth-order valence-electron chi connectivity index (χ4n) is 7.87. The van der Waals surface area contributed by atoms with Gasteiger partial charge in [-0.3, -0.25) is 9.80 Å². The summed E-state index contributed by atoms with van der Waals surface area (Å²) in [6.07, 6.45) is 8.27. The van der Waals surface area contributed by atoms with E-state index in [1.165, 1.54) is 0 Å². The molecule has 210 valence electrons. The lowest BCUT2D eigenvalue weighted by atomic mass is 9.52. The molecule has 0 aromatic heterocycles. The molecule has 2 rings (SSSR count). The van der Waals surface area contributed by atoms with Crippen LogP contribution in [0.15, 0.2) is 0 Å². The van der Waals surface area contributed by atoms with E-state index in [0.717, 1.165) is 51.4 Å². The Balaban J connectivity index is 2.42. The lowest BCUT2D eigenvalue weighted by Crippen LogP contribution is -2.67. The highest BCUT2D eigenvalue weighted by Gasteiger charge is 2.57. The van der Waals surface area contributed by atoms with Crippen LogP contribution in [0, 0.1) is 17.3 Å². The van der Waals surface area contributed by atoms with E-state index in [1.54, 1.807) is 0 Å². The Morgan fingerprint density at radius 1 is 0.667 bits per heavy atom. The molecule has 2 heterocycles. The second-order valence-electron chi connectivity index (χ2n) is 14.5. The van der Waals surface area contributed by atoms with Gasteiger partial charge in [0.05, 0.1) is 0 Å². The molecule has 0 aromatic rings. The Hall–Kier alpha value is -1.14. The van der Waals surface area contributed by atoms with Crippen LogP contribution in [0.2, 0.25) is 0 Å². The maximum Gasteiger partial charge on any atom is 0.0481 e. The SMILES string of the molecule is CN1C(C)(C)CC(C(CCCCCCCC(=O)[O-])(C(=O)[O-])C2CC(C)(C)N(C)C(C)(C)C2)CC1(C)C. The predicted octanol–water partition coefficient (Wildman–Crippen LogP) is 4.00. The van der Waals surface area contributed by atoms with Crippen LogP contribution in [0.4, 0.5) is 0 Å². The number of carbonyl (C=O) groups is 2. The quantitative estimate of drug-likeness (QED) is 0.394. The van der Waals surface area contributed by atoms with E-state index < -0.39 is 17.4 Å². The van der Waals surface area contributed by atoms with Gasteiger partial charge in [-0.15, -0.1) is 0 Å². The van der Waals surface area contributed by atoms with Crippen molar-refractivity contribution >= 4 is 11.9 Å². The van der Waals surface area contributed by atoms with Crippen molar-refractivity contribution in [2.24, 2.45) is 17.3 Å². The first-order valence-electron chi connectivity index (χ1n) is 14.2. The minimum atomic E-state index is -0.994. The molecule has 2 fully saturated rings. The lowest BCUT2D eigenvalue weighted by Gasteiger charge is -2.63. The van der Waals surface area contributed by atoms with Gasteiger partial charge in [0.2, 0.25) is 0 Å². The van der Waals surface area contributed by atoms with E-state index in [-0.39, 0.29) is 40.4 Å². The number of carboxylic acids is 2. The molecule has 2 saturated heterocycles. The molecule has 6 heteroatoms. The maximum atomic E-state index is 13.5. The van der Waals surface area contributed by atoms with Crippen molar-refractivity contribution in [1.29, 1.82) is 0 Å². The Morgan fingerprint density at radius 2 is 1.00 bits per heavy atom. The van der Waals surface area contributed by atoms with Crippen LogP contribution >= 0.6 is 0 Å². The standard InChI is InChI=1S/C30H56N2O4/c1-26(2)18-22(19-27(3,4)31(26)9)30(25(35)36,17-15-13-11-12-14-16-24(33)34)23-20-28(5,6)32(10)29(7,8)21-23/h22-23H,11-21H2,1-10H3,(H,33,34)(H,35,36)/p-2. The summed E-state index contributed by atoms with van der Waals surface area (Å²) in [7, 11) is 4.34. The number of rotatable bonds is 11. The first-order valence-corrected chi connectivity index (χ1v) is 14.2. The van der Waals surface area contributed by atoms with Gasteiger partial charge in [-0.25, -0.2) is 0 Å². The molecule has 0 aromatic carbocycles. The van der Waals surface area contributed by atoms with Crippen molar-refractivity contribution in [3.63, 3.8) is 0 Å². The zero-order chi connectivity index (χ0) is 27.7. The average molecular weight is 507 g/mol. The number of hydrogen-bond acceptors (Lipinski definition) is 6. The number of piperidine rings is 2. The van der Waals surface area contributed by atoms with Gasteiger partial charge in [0.1, 0.15) is 0 Å². The lowest BCUT2D eigenvalue weighted by molar-refractivity contribution is -0.330. The molecule has 0 radical (unpaired) electrons. The third-order valence-electron chi connectivity index (χ3n) is 10.4. The predicted molar refractivity (Wildman–Crippen MR) is 142 cm³/mol. The topological polar surface area (TPSA) is 86.7 Å². The van der Waals surface area contributed by atoms with Crippen molar-refractivity contribution in [2.75, 3.05) is 14.1 Å². The molecule has 6 nitrogen and oxygen atoms in total. The van der Waals surface area contributed by atoms with Crippen molar-refractivity contribution in [3.8, 4) is 0 Å². The Bertz CT molecular complexity index is 708. The molecule has 0 spiro atoms. The van der Waals surface area contributed by atoms with Gasteiger partial charge >= 0.3 is 0 Å². The summed E-state index contributed by atoms with van der Waals surface area (Å²) < 4.78 is 0. The van der Waals surface area contributed by atoms with Crippen LogP contribution in [0.3, 0.4) is 0 Å². The summed E-state index contributed by atoms with van der Waals surface area (Å²) in [6.45, 7) is 18.0. The van der Waals surface area contributed by atoms with Crippen molar-refractivity contribution in [2.45, 2.75) is 148 Å². The molecule has 0 unspecified atom stereocenters. The van der Waals surface area contributed by atoms with Gasteiger partial charge in [-0.05, 0) is 126 Å². The van der Waals surface area contributed by atoms with Crippen LogP contribution in [0.5, 0.6) is 0 Å². The number of likely N-dealkylation sites (tertiary alicyclic amines) is 2. The minimum absolute atomic E-state index is 0.0433. The molecule has 0 bridgehead atoms. The molecule has 0 saturated carbocycles. The van der Waals surface area contributed by atoms with E-state index in [1.807, 2.05) is 0 Å². The van der Waals surface area contributed by atoms with E-state index >= 15 is 0 Å². The second kappa shape index (κ2) is 10.9. The average Bonchev–Trinajstić information content (AvgIpc) is 2.70. The maximum absolute atomic E-state index is 13.5. The number of carbonyl (C=O) groups excluding carboxylic acids is 2. The van der Waals surface area contributed by atoms with Gasteiger partial charge in [0.15, 0.2) is 0 Å². The summed E-state index contributed by atoms with van der Waals surface area (Å²) in [5, 5.41) is 24.2. The number of carboxylic acid groups (broad SMARTS) is 2. The molecule has 0 atom stereocenters. The van der Waals surface area contributed by atoms with Gasteiger partial charge in [0.25, 0.3) is 0 Å². The molecule has 0 N–H and O–H groups in total. The van der Waals surface area contributed by atoms with Gasteiger partial charge < -0.3 is 19.8 Å². The summed E-state index contributed by atoms with van der Waals surface area (Å²) in [5.74, 6) is -1.77. The van der Waals surface area contributed by atoms with Crippen molar-refractivity contribution in [3.05, 3.63) is 0 Å². The number of unbranched alkanes of at least 4 members (excludes halogenated alkanes) is 4. The van der Waals surface area contributed by atoms with Crippen LogP contribution in [-0.2, 0) is 9.59 Å². The third kappa shape index (κ3) is 6.46. The summed E-state index contributed by atoms with van der Waals surface area (Å²) >= 11 is 0. The normalized spacial score (nSPS) is 25.1. The molecular weight excluding hydrogens is 452 g/mol. The first-order chi connectivity index (χ1) is 16.3. The Labute approximate surface area is 221 Å². The van der Waals surface area contributed by atoms with Crippen molar-refractivity contribution < 1.29 is 19.8 Å². The third-order valence-corrected chi connectivity index (χ3v) is 10.4. The summed E-state index contributed by atoms with van der Waals surface area (Å²) in [4.78, 5) is 29.0. The van der Waals surface area contributed by atoms with E-state index in [9.17, 15) is 19.8 Å². The van der Waals surface area contributed by atoms with E-state index in [2.05, 4.69) is 79.3 Å². The van der Waals surface area contributed by atoms with Gasteiger partial charge in [-0.2, -0.15) is 0 Å². The molecule has 36 heavy (non-hydrogen) atoms. The number of hydrogen-bond donors (Lipinski definition) is 0. The zero-order valence-corrected chi connectivity index (χ0v) is 25.0. The van der Waals surface area contributed by atoms with Crippen LogP contribution in [-0.4, -0.2) is 58.0 Å². The first kappa shape index (κ1) is 31.1. The van der Waals surface area contributed by atoms with Gasteiger partial charge in [-0.1, -0.05) is 25.7 Å². The molecule has 2 aliphatic heterocycles. The monoisotopic (exact) mass is 506 g/mol. The van der Waals surface area contributed by atoms with Crippen LogP contribution in [0.1, 0.15) is 126 Å².